The first-order valence-electron chi connectivity index (χ1n) is 8.71. The topological polar surface area (TPSA) is 85.1 Å². The van der Waals surface area contributed by atoms with E-state index in [1.807, 2.05) is 28.8 Å². The van der Waals surface area contributed by atoms with Crippen molar-refractivity contribution in [2.45, 2.75) is 31.9 Å². The van der Waals surface area contributed by atoms with Crippen molar-refractivity contribution in [3.63, 3.8) is 0 Å². The van der Waals surface area contributed by atoms with Crippen LogP contribution in [0, 0.1) is 0 Å². The van der Waals surface area contributed by atoms with E-state index in [4.69, 9.17) is 9.47 Å². The van der Waals surface area contributed by atoms with Crippen molar-refractivity contribution >= 4 is 35.6 Å². The molecule has 1 aliphatic rings. The lowest BCUT2D eigenvalue weighted by molar-refractivity contribution is 0.0347. The van der Waals surface area contributed by atoms with Gasteiger partial charge in [-0.2, -0.15) is 0 Å². The van der Waals surface area contributed by atoms with E-state index in [9.17, 15) is 0 Å². The Kier molecular flexibility index (Phi) is 8.52. The maximum Gasteiger partial charge on any atom is 0.191 e. The van der Waals surface area contributed by atoms with Gasteiger partial charge in [0.2, 0.25) is 0 Å². The largest absolute Gasteiger partial charge is 0.379 e. The van der Waals surface area contributed by atoms with E-state index in [-0.39, 0.29) is 36.1 Å². The minimum absolute atomic E-state index is 0. The van der Waals surface area contributed by atoms with Crippen LogP contribution >= 0.6 is 24.0 Å². The first kappa shape index (κ1) is 20.8. The molecule has 0 aromatic carbocycles. The predicted molar refractivity (Wildman–Crippen MR) is 111 cm³/mol. The van der Waals surface area contributed by atoms with Gasteiger partial charge in [0.1, 0.15) is 5.82 Å². The van der Waals surface area contributed by atoms with E-state index in [1.165, 1.54) is 0 Å². The minimum atomic E-state index is 0. The molecular weight excluding hydrogens is 447 g/mol. The normalized spacial score (nSPS) is 18.5. The molecule has 0 spiro atoms. The number of nitrogens with one attached hydrogen (secondary N) is 2. The summed E-state index contributed by atoms with van der Waals surface area (Å²) in [6, 6.07) is 6.05. The molecule has 2 unspecified atom stereocenters. The number of pyridine rings is 1. The standard InChI is InChI=1S/C17H26N6O2.HI/c1-13(11-25-14-7-10-24-12-14)20-17(18-2)19-8-6-16-22-21-15-5-3-4-9-23(15)16;/h3-5,9,13-14H,6-8,10-12H2,1-2H3,(H2,18,19,20);1H. The van der Waals surface area contributed by atoms with Crippen molar-refractivity contribution in [3.8, 4) is 0 Å². The molecular formula is C17H27IN6O2. The molecule has 144 valence electrons. The van der Waals surface area contributed by atoms with Crippen LogP contribution in [0.25, 0.3) is 5.65 Å². The molecule has 2 atom stereocenters. The smallest absolute Gasteiger partial charge is 0.191 e. The third-order valence-corrected chi connectivity index (χ3v) is 4.10. The SMILES string of the molecule is CN=C(NCCc1nnc2ccccn12)NC(C)COC1CCOC1.I. The second-order valence-corrected chi connectivity index (χ2v) is 6.16. The van der Waals surface area contributed by atoms with Crippen LogP contribution in [-0.4, -0.2) is 66.1 Å². The van der Waals surface area contributed by atoms with E-state index in [0.717, 1.165) is 43.4 Å². The van der Waals surface area contributed by atoms with Gasteiger partial charge in [0.25, 0.3) is 0 Å². The summed E-state index contributed by atoms with van der Waals surface area (Å²) in [5.74, 6) is 1.68. The average molecular weight is 474 g/mol. The molecule has 1 saturated heterocycles. The summed E-state index contributed by atoms with van der Waals surface area (Å²) in [5, 5.41) is 15.0. The molecule has 3 heterocycles. The van der Waals surface area contributed by atoms with Crippen LogP contribution in [0.1, 0.15) is 19.2 Å². The summed E-state index contributed by atoms with van der Waals surface area (Å²) in [6.07, 6.45) is 3.94. The highest BCUT2D eigenvalue weighted by atomic mass is 127. The zero-order valence-electron chi connectivity index (χ0n) is 15.2. The Bertz CT molecular complexity index is 701. The third-order valence-electron chi connectivity index (χ3n) is 4.10. The predicted octanol–water partition coefficient (Wildman–Crippen LogP) is 1.25. The van der Waals surface area contributed by atoms with Gasteiger partial charge >= 0.3 is 0 Å². The molecule has 0 aliphatic carbocycles. The summed E-state index contributed by atoms with van der Waals surface area (Å²) in [5.41, 5.74) is 0.863. The van der Waals surface area contributed by atoms with Crippen molar-refractivity contribution < 1.29 is 9.47 Å². The van der Waals surface area contributed by atoms with Crippen LogP contribution in [0.2, 0.25) is 0 Å². The summed E-state index contributed by atoms with van der Waals surface area (Å²) >= 11 is 0. The summed E-state index contributed by atoms with van der Waals surface area (Å²) in [7, 11) is 1.76. The molecule has 0 amide bonds. The van der Waals surface area contributed by atoms with Gasteiger partial charge in [-0.1, -0.05) is 6.07 Å². The fourth-order valence-electron chi connectivity index (χ4n) is 2.75. The first-order chi connectivity index (χ1) is 12.3. The lowest BCUT2D eigenvalue weighted by Crippen LogP contribution is -2.45. The van der Waals surface area contributed by atoms with Gasteiger partial charge in [-0.05, 0) is 25.5 Å². The van der Waals surface area contributed by atoms with Gasteiger partial charge < -0.3 is 20.1 Å². The number of ether oxygens (including phenoxy) is 2. The maximum absolute atomic E-state index is 5.83. The van der Waals surface area contributed by atoms with E-state index in [2.05, 4.69) is 32.7 Å². The maximum atomic E-state index is 5.83. The number of aromatic nitrogens is 3. The Morgan fingerprint density at radius 1 is 1.46 bits per heavy atom. The van der Waals surface area contributed by atoms with Gasteiger partial charge in [-0.25, -0.2) is 0 Å². The van der Waals surface area contributed by atoms with Gasteiger partial charge in [0.15, 0.2) is 11.6 Å². The van der Waals surface area contributed by atoms with Crippen LogP contribution in [-0.2, 0) is 15.9 Å². The Labute approximate surface area is 170 Å². The number of halogens is 1. The molecule has 3 rings (SSSR count). The highest BCUT2D eigenvalue weighted by Crippen LogP contribution is 2.08. The van der Waals surface area contributed by atoms with Crippen LogP contribution < -0.4 is 10.6 Å². The average Bonchev–Trinajstić information content (AvgIpc) is 3.29. The molecule has 1 aliphatic heterocycles. The van der Waals surface area contributed by atoms with Crippen molar-refractivity contribution in [1.82, 2.24) is 25.2 Å². The van der Waals surface area contributed by atoms with E-state index >= 15 is 0 Å². The zero-order chi connectivity index (χ0) is 17.5. The van der Waals surface area contributed by atoms with Crippen molar-refractivity contribution in [2.24, 2.45) is 4.99 Å². The molecule has 1 fully saturated rings. The lowest BCUT2D eigenvalue weighted by Gasteiger charge is -2.19. The quantitative estimate of drug-likeness (QED) is 0.357. The Hall–Kier alpha value is -1.46. The number of fused-ring (bicyclic) bond motifs is 1. The van der Waals surface area contributed by atoms with E-state index in [0.29, 0.717) is 13.2 Å². The molecule has 0 saturated carbocycles. The molecule has 26 heavy (non-hydrogen) atoms. The fraction of sp³-hybridized carbons (Fsp3) is 0.588. The van der Waals surface area contributed by atoms with E-state index < -0.39 is 0 Å². The number of aliphatic imine (C=N–C) groups is 1. The molecule has 8 nitrogen and oxygen atoms in total. The van der Waals surface area contributed by atoms with Crippen molar-refractivity contribution in [3.05, 3.63) is 30.2 Å². The van der Waals surface area contributed by atoms with Gasteiger partial charge in [-0.3, -0.25) is 9.39 Å². The molecule has 2 N–H and O–H groups in total. The summed E-state index contributed by atoms with van der Waals surface area (Å²) in [6.45, 7) is 4.93. The van der Waals surface area contributed by atoms with Gasteiger partial charge in [-0.15, -0.1) is 34.2 Å². The first-order valence-corrected chi connectivity index (χ1v) is 8.71. The number of nitrogens with zero attached hydrogens (tertiary/aromatic N) is 4. The minimum Gasteiger partial charge on any atom is -0.379 e. The number of guanidine groups is 1. The molecule has 2 aromatic rings. The Balaban J connectivity index is 0.00000243. The third kappa shape index (κ3) is 5.78. The molecule has 0 bridgehead atoms. The monoisotopic (exact) mass is 474 g/mol. The number of hydrogen-bond acceptors (Lipinski definition) is 5. The highest BCUT2D eigenvalue weighted by molar-refractivity contribution is 14.0. The fourth-order valence-corrected chi connectivity index (χ4v) is 2.75. The molecule has 9 heteroatoms. The second kappa shape index (κ2) is 10.6. The second-order valence-electron chi connectivity index (χ2n) is 6.16. The van der Waals surface area contributed by atoms with E-state index in [1.54, 1.807) is 7.05 Å². The zero-order valence-corrected chi connectivity index (χ0v) is 17.6. The van der Waals surface area contributed by atoms with Crippen LogP contribution in [0.4, 0.5) is 0 Å². The molecule has 0 radical (unpaired) electrons. The Morgan fingerprint density at radius 2 is 2.35 bits per heavy atom. The van der Waals surface area contributed by atoms with Crippen LogP contribution in [0.15, 0.2) is 29.4 Å². The summed E-state index contributed by atoms with van der Waals surface area (Å²) in [4.78, 5) is 4.26. The van der Waals surface area contributed by atoms with Gasteiger partial charge in [0.05, 0.1) is 19.3 Å². The Morgan fingerprint density at radius 3 is 3.12 bits per heavy atom. The van der Waals surface area contributed by atoms with Crippen LogP contribution in [0.3, 0.4) is 0 Å². The molecule has 2 aromatic heterocycles. The van der Waals surface area contributed by atoms with Crippen LogP contribution in [0.5, 0.6) is 0 Å². The van der Waals surface area contributed by atoms with Crippen molar-refractivity contribution in [2.75, 3.05) is 33.4 Å². The summed E-state index contributed by atoms with van der Waals surface area (Å²) < 4.78 is 13.1. The number of rotatable bonds is 7. The lowest BCUT2D eigenvalue weighted by atomic mass is 10.3. The van der Waals surface area contributed by atoms with Crippen molar-refractivity contribution in [1.29, 1.82) is 0 Å². The van der Waals surface area contributed by atoms with Gasteiger partial charge in [0, 0.05) is 38.9 Å². The number of hydrogen-bond donors (Lipinski definition) is 2. The highest BCUT2D eigenvalue weighted by Gasteiger charge is 2.17.